The van der Waals surface area contributed by atoms with E-state index in [0.29, 0.717) is 17.3 Å². The van der Waals surface area contributed by atoms with Gasteiger partial charge in [0, 0.05) is 19.5 Å². The molecule has 0 bridgehead atoms. The number of aryl methyl sites for hydroxylation is 2. The predicted molar refractivity (Wildman–Crippen MR) is 93.4 cm³/mol. The lowest BCUT2D eigenvalue weighted by Crippen LogP contribution is -2.26. The van der Waals surface area contributed by atoms with Gasteiger partial charge in [-0.15, -0.1) is 0 Å². The second-order valence-corrected chi connectivity index (χ2v) is 7.56. The lowest BCUT2D eigenvalue weighted by atomic mass is 10.2. The van der Waals surface area contributed by atoms with Crippen LogP contribution in [0.2, 0.25) is 0 Å². The standard InChI is InChI=1S/C18H18N2O3S/c1-13-5-4-6-16(11-13)20(3)24(21,22)17-9-7-15(8-10-17)18-12-23-14(2)19-18/h4-12H,1-3H3. The zero-order chi connectivity index (χ0) is 17.3. The van der Waals surface area contributed by atoms with E-state index in [9.17, 15) is 8.42 Å². The van der Waals surface area contributed by atoms with Gasteiger partial charge in [0.1, 0.15) is 12.0 Å². The molecule has 0 aliphatic rings. The van der Waals surface area contributed by atoms with E-state index < -0.39 is 10.0 Å². The first-order valence-electron chi connectivity index (χ1n) is 7.46. The highest BCUT2D eigenvalue weighted by Gasteiger charge is 2.21. The molecule has 0 saturated carbocycles. The Hall–Kier alpha value is -2.60. The van der Waals surface area contributed by atoms with Crippen LogP contribution in [0.4, 0.5) is 5.69 Å². The SMILES string of the molecule is Cc1cccc(N(C)S(=O)(=O)c2ccc(-c3coc(C)n3)cc2)c1. The Kier molecular flexibility index (Phi) is 4.15. The van der Waals surface area contributed by atoms with Crippen molar-refractivity contribution >= 4 is 15.7 Å². The van der Waals surface area contributed by atoms with Crippen LogP contribution in [0.5, 0.6) is 0 Å². The summed E-state index contributed by atoms with van der Waals surface area (Å²) in [6.07, 6.45) is 1.55. The second-order valence-electron chi connectivity index (χ2n) is 5.59. The molecule has 2 aromatic carbocycles. The smallest absolute Gasteiger partial charge is 0.264 e. The summed E-state index contributed by atoms with van der Waals surface area (Å²) in [6.45, 7) is 3.69. The number of anilines is 1. The molecule has 6 heteroatoms. The van der Waals surface area contributed by atoms with Gasteiger partial charge < -0.3 is 4.42 Å². The summed E-state index contributed by atoms with van der Waals surface area (Å²) in [5, 5.41) is 0. The molecule has 3 rings (SSSR count). The Morgan fingerprint density at radius 2 is 1.75 bits per heavy atom. The highest BCUT2D eigenvalue weighted by molar-refractivity contribution is 7.92. The normalized spacial score (nSPS) is 11.5. The van der Waals surface area contributed by atoms with E-state index in [2.05, 4.69) is 4.98 Å². The lowest BCUT2D eigenvalue weighted by Gasteiger charge is -2.20. The summed E-state index contributed by atoms with van der Waals surface area (Å²) in [4.78, 5) is 4.47. The van der Waals surface area contributed by atoms with Crippen molar-refractivity contribution < 1.29 is 12.8 Å². The third kappa shape index (κ3) is 3.05. The highest BCUT2D eigenvalue weighted by atomic mass is 32.2. The molecule has 0 aliphatic carbocycles. The van der Waals surface area contributed by atoms with Crippen molar-refractivity contribution in [1.29, 1.82) is 0 Å². The molecule has 0 fully saturated rings. The van der Waals surface area contributed by atoms with Gasteiger partial charge >= 0.3 is 0 Å². The van der Waals surface area contributed by atoms with E-state index in [4.69, 9.17) is 4.42 Å². The van der Waals surface area contributed by atoms with E-state index in [-0.39, 0.29) is 4.90 Å². The minimum Gasteiger partial charge on any atom is -0.449 e. The molecule has 24 heavy (non-hydrogen) atoms. The first-order chi connectivity index (χ1) is 11.4. The van der Waals surface area contributed by atoms with E-state index in [1.54, 1.807) is 50.6 Å². The Balaban J connectivity index is 1.92. The summed E-state index contributed by atoms with van der Waals surface area (Å²) in [5.41, 5.74) is 3.13. The van der Waals surface area contributed by atoms with Crippen LogP contribution in [0, 0.1) is 13.8 Å². The molecular weight excluding hydrogens is 324 g/mol. The monoisotopic (exact) mass is 342 g/mol. The lowest BCUT2D eigenvalue weighted by molar-refractivity contribution is 0.521. The van der Waals surface area contributed by atoms with Crippen LogP contribution in [0.15, 0.2) is 64.1 Å². The summed E-state index contributed by atoms with van der Waals surface area (Å²) in [7, 11) is -2.06. The summed E-state index contributed by atoms with van der Waals surface area (Å²) < 4.78 is 32.0. The largest absolute Gasteiger partial charge is 0.449 e. The van der Waals surface area contributed by atoms with Gasteiger partial charge in [-0.3, -0.25) is 4.31 Å². The van der Waals surface area contributed by atoms with Gasteiger partial charge in [0.05, 0.1) is 10.6 Å². The fourth-order valence-corrected chi connectivity index (χ4v) is 3.60. The van der Waals surface area contributed by atoms with Crippen molar-refractivity contribution in [3.63, 3.8) is 0 Å². The van der Waals surface area contributed by atoms with Gasteiger partial charge in [0.2, 0.25) is 0 Å². The van der Waals surface area contributed by atoms with E-state index in [1.165, 1.54) is 4.31 Å². The van der Waals surface area contributed by atoms with Crippen LogP contribution in [0.25, 0.3) is 11.3 Å². The zero-order valence-corrected chi connectivity index (χ0v) is 14.5. The number of benzene rings is 2. The van der Waals surface area contributed by atoms with E-state index in [1.807, 2.05) is 25.1 Å². The van der Waals surface area contributed by atoms with Crippen LogP contribution >= 0.6 is 0 Å². The molecule has 124 valence electrons. The average Bonchev–Trinajstić information content (AvgIpc) is 3.01. The Bertz CT molecular complexity index is 960. The van der Waals surface area contributed by atoms with Crippen LogP contribution in [0.3, 0.4) is 0 Å². The van der Waals surface area contributed by atoms with Crippen molar-refractivity contribution in [3.8, 4) is 11.3 Å². The van der Waals surface area contributed by atoms with Crippen LogP contribution in [0.1, 0.15) is 11.5 Å². The molecule has 0 amide bonds. The molecule has 0 radical (unpaired) electrons. The zero-order valence-electron chi connectivity index (χ0n) is 13.7. The van der Waals surface area contributed by atoms with Gasteiger partial charge in [-0.05, 0) is 36.8 Å². The van der Waals surface area contributed by atoms with Crippen molar-refractivity contribution in [2.75, 3.05) is 11.4 Å². The summed E-state index contributed by atoms with van der Waals surface area (Å²) in [6, 6.07) is 14.0. The maximum Gasteiger partial charge on any atom is 0.264 e. The van der Waals surface area contributed by atoms with Gasteiger partial charge in [-0.25, -0.2) is 13.4 Å². The number of hydrogen-bond donors (Lipinski definition) is 0. The fraction of sp³-hybridized carbons (Fsp3) is 0.167. The van der Waals surface area contributed by atoms with Crippen LogP contribution in [-0.2, 0) is 10.0 Å². The average molecular weight is 342 g/mol. The quantitative estimate of drug-likeness (QED) is 0.724. The molecule has 0 saturated heterocycles. The molecule has 0 unspecified atom stereocenters. The molecule has 0 spiro atoms. The number of hydrogen-bond acceptors (Lipinski definition) is 4. The maximum absolute atomic E-state index is 12.8. The first-order valence-corrected chi connectivity index (χ1v) is 8.90. The predicted octanol–water partition coefficient (Wildman–Crippen LogP) is 3.78. The number of rotatable bonds is 4. The molecule has 3 aromatic rings. The highest BCUT2D eigenvalue weighted by Crippen LogP contribution is 2.25. The third-order valence-electron chi connectivity index (χ3n) is 3.79. The van der Waals surface area contributed by atoms with Crippen molar-refractivity contribution in [1.82, 2.24) is 4.98 Å². The molecular formula is C18H18N2O3S. The van der Waals surface area contributed by atoms with Gasteiger partial charge in [0.15, 0.2) is 5.89 Å². The van der Waals surface area contributed by atoms with Gasteiger partial charge in [0.25, 0.3) is 10.0 Å². The molecule has 0 N–H and O–H groups in total. The molecule has 0 aliphatic heterocycles. The van der Waals surface area contributed by atoms with Crippen LogP contribution < -0.4 is 4.31 Å². The Morgan fingerprint density at radius 3 is 2.33 bits per heavy atom. The maximum atomic E-state index is 12.8. The second kappa shape index (κ2) is 6.13. The summed E-state index contributed by atoms with van der Waals surface area (Å²) >= 11 is 0. The van der Waals surface area contributed by atoms with Crippen molar-refractivity contribution in [3.05, 3.63) is 66.2 Å². The topological polar surface area (TPSA) is 63.4 Å². The van der Waals surface area contributed by atoms with Gasteiger partial charge in [-0.2, -0.15) is 0 Å². The molecule has 1 heterocycles. The number of nitrogens with zero attached hydrogens (tertiary/aromatic N) is 2. The minimum absolute atomic E-state index is 0.232. The Morgan fingerprint density at radius 1 is 1.04 bits per heavy atom. The molecule has 5 nitrogen and oxygen atoms in total. The van der Waals surface area contributed by atoms with Crippen molar-refractivity contribution in [2.24, 2.45) is 0 Å². The molecule has 0 atom stereocenters. The van der Waals surface area contributed by atoms with Gasteiger partial charge in [-0.1, -0.05) is 24.3 Å². The van der Waals surface area contributed by atoms with Crippen molar-refractivity contribution in [2.45, 2.75) is 18.7 Å². The number of sulfonamides is 1. The van der Waals surface area contributed by atoms with E-state index >= 15 is 0 Å². The summed E-state index contributed by atoms with van der Waals surface area (Å²) in [5.74, 6) is 0.570. The Labute approximate surface area is 141 Å². The van der Waals surface area contributed by atoms with E-state index in [0.717, 1.165) is 11.1 Å². The number of oxazole rings is 1. The fourth-order valence-electron chi connectivity index (χ4n) is 2.41. The van der Waals surface area contributed by atoms with Crippen LogP contribution in [-0.4, -0.2) is 20.4 Å². The minimum atomic E-state index is -3.61. The molecule has 1 aromatic heterocycles. The number of aromatic nitrogens is 1. The first kappa shape index (κ1) is 16.3. The third-order valence-corrected chi connectivity index (χ3v) is 5.59.